The summed E-state index contributed by atoms with van der Waals surface area (Å²) < 4.78 is 6.17. The first-order valence-corrected chi connectivity index (χ1v) is 11.7. The molecule has 0 atom stereocenters. The highest BCUT2D eigenvalue weighted by Crippen LogP contribution is 2.33. The summed E-state index contributed by atoms with van der Waals surface area (Å²) in [6.45, 7) is 4.79. The Kier molecular flexibility index (Phi) is 6.34. The second-order valence-electron chi connectivity index (χ2n) is 9.01. The second-order valence-corrected chi connectivity index (χ2v) is 9.01. The van der Waals surface area contributed by atoms with Crippen LogP contribution < -0.4 is 4.74 Å². The van der Waals surface area contributed by atoms with E-state index in [1.165, 1.54) is 33.0 Å². The van der Waals surface area contributed by atoms with Crippen molar-refractivity contribution in [2.45, 2.75) is 33.3 Å². The number of rotatable bonds is 8. The van der Waals surface area contributed by atoms with E-state index in [4.69, 9.17) is 4.74 Å². The summed E-state index contributed by atoms with van der Waals surface area (Å²) in [5, 5.41) is 16.7. The van der Waals surface area contributed by atoms with Gasteiger partial charge in [0, 0.05) is 6.42 Å². The van der Waals surface area contributed by atoms with Crippen LogP contribution in [0.15, 0.2) is 84.9 Å². The Balaban J connectivity index is 1.55. The molecule has 0 bridgehead atoms. The highest BCUT2D eigenvalue weighted by Gasteiger charge is 2.13. The second kappa shape index (κ2) is 9.87. The summed E-state index contributed by atoms with van der Waals surface area (Å²) in [6, 6.07) is 30.2. The number of aromatic amines is 1. The average Bonchev–Trinajstić information content (AvgIpc) is 3.37. The zero-order chi connectivity index (χ0) is 23.3. The zero-order valence-corrected chi connectivity index (χ0v) is 19.5. The molecule has 0 aliphatic rings. The number of nitrogens with zero attached hydrogens (tertiary/aromatic N) is 3. The molecular weight excluding hydrogens is 420 g/mol. The van der Waals surface area contributed by atoms with Gasteiger partial charge >= 0.3 is 0 Å². The van der Waals surface area contributed by atoms with Gasteiger partial charge in [-0.1, -0.05) is 91.9 Å². The Morgan fingerprint density at radius 1 is 0.824 bits per heavy atom. The maximum Gasteiger partial charge on any atom is 0.211 e. The summed E-state index contributed by atoms with van der Waals surface area (Å²) in [5.74, 6) is 1.96. The number of hydrogen-bond donors (Lipinski definition) is 1. The van der Waals surface area contributed by atoms with Gasteiger partial charge in [0.15, 0.2) is 6.61 Å². The van der Waals surface area contributed by atoms with Crippen molar-refractivity contribution < 1.29 is 4.74 Å². The van der Waals surface area contributed by atoms with E-state index < -0.39 is 0 Å². The van der Waals surface area contributed by atoms with Gasteiger partial charge in [-0.15, -0.1) is 10.2 Å². The van der Waals surface area contributed by atoms with Gasteiger partial charge in [0.05, 0.1) is 0 Å². The largest absolute Gasteiger partial charge is 0.485 e. The standard InChI is InChI=1S/C29H28N4O/c1-20(2)16-22-9-4-6-13-27(22)24-14-15-28(34-19-29-30-32-33-31-29)25(18-24)17-23-11-7-10-21-8-3-5-12-26(21)23/h3-15,18,20H,16-17,19H2,1-2H3,(H,30,31,32,33). The molecule has 5 rings (SSSR count). The predicted molar refractivity (Wildman–Crippen MR) is 136 cm³/mol. The number of ether oxygens (including phenoxy) is 1. The molecule has 5 aromatic rings. The summed E-state index contributed by atoms with van der Waals surface area (Å²) in [5.41, 5.74) is 6.26. The molecule has 0 aliphatic carbocycles. The van der Waals surface area contributed by atoms with Gasteiger partial charge in [0.1, 0.15) is 5.75 Å². The number of fused-ring (bicyclic) bond motifs is 1. The van der Waals surface area contributed by atoms with Crippen LogP contribution in [-0.2, 0) is 19.4 Å². The van der Waals surface area contributed by atoms with Gasteiger partial charge in [-0.05, 0) is 63.1 Å². The van der Waals surface area contributed by atoms with Gasteiger partial charge in [-0.25, -0.2) is 0 Å². The molecular formula is C29H28N4O. The first-order chi connectivity index (χ1) is 16.7. The van der Waals surface area contributed by atoms with Crippen LogP contribution in [0, 0.1) is 5.92 Å². The first-order valence-electron chi connectivity index (χ1n) is 11.7. The van der Waals surface area contributed by atoms with Gasteiger partial charge in [-0.3, -0.25) is 0 Å². The number of tetrazole rings is 1. The van der Waals surface area contributed by atoms with Crippen molar-refractivity contribution in [3.63, 3.8) is 0 Å². The lowest BCUT2D eigenvalue weighted by atomic mass is 9.91. The van der Waals surface area contributed by atoms with Crippen molar-refractivity contribution in [3.05, 3.63) is 107 Å². The quantitative estimate of drug-likeness (QED) is 0.299. The predicted octanol–water partition coefficient (Wildman–Crippen LogP) is 6.39. The van der Waals surface area contributed by atoms with Crippen LogP contribution in [0.5, 0.6) is 5.75 Å². The van der Waals surface area contributed by atoms with E-state index in [2.05, 4.69) is 119 Å². The van der Waals surface area contributed by atoms with Gasteiger partial charge < -0.3 is 4.74 Å². The third-order valence-corrected chi connectivity index (χ3v) is 6.02. The van der Waals surface area contributed by atoms with E-state index in [1.54, 1.807) is 0 Å². The molecule has 170 valence electrons. The zero-order valence-electron chi connectivity index (χ0n) is 19.5. The summed E-state index contributed by atoms with van der Waals surface area (Å²) in [6.07, 6.45) is 1.81. The molecule has 0 saturated carbocycles. The van der Waals surface area contributed by atoms with Crippen LogP contribution in [0.3, 0.4) is 0 Å². The lowest BCUT2D eigenvalue weighted by Crippen LogP contribution is -2.02. The Labute approximate surface area is 199 Å². The maximum absolute atomic E-state index is 6.17. The van der Waals surface area contributed by atoms with Crippen molar-refractivity contribution in [3.8, 4) is 16.9 Å². The normalized spacial score (nSPS) is 11.3. The Bertz CT molecular complexity index is 1390. The SMILES string of the molecule is CC(C)Cc1ccccc1-c1ccc(OCc2nn[nH]n2)c(Cc2cccc3ccccc23)c1. The molecule has 1 N–H and O–H groups in total. The average molecular weight is 449 g/mol. The van der Waals surface area contributed by atoms with Crippen LogP contribution >= 0.6 is 0 Å². The molecule has 0 unspecified atom stereocenters. The lowest BCUT2D eigenvalue weighted by molar-refractivity contribution is 0.293. The molecule has 0 fully saturated rings. The molecule has 1 aromatic heterocycles. The van der Waals surface area contributed by atoms with Gasteiger partial charge in [0.25, 0.3) is 0 Å². The van der Waals surface area contributed by atoms with Crippen LogP contribution in [0.4, 0.5) is 0 Å². The number of hydrogen-bond acceptors (Lipinski definition) is 4. The molecule has 0 amide bonds. The van der Waals surface area contributed by atoms with E-state index in [9.17, 15) is 0 Å². The molecule has 0 saturated heterocycles. The molecule has 4 aromatic carbocycles. The van der Waals surface area contributed by atoms with Gasteiger partial charge in [0.2, 0.25) is 5.82 Å². The topological polar surface area (TPSA) is 63.7 Å². The fraction of sp³-hybridized carbons (Fsp3) is 0.207. The highest BCUT2D eigenvalue weighted by atomic mass is 16.5. The minimum atomic E-state index is 0.266. The van der Waals surface area contributed by atoms with Crippen molar-refractivity contribution in [2.75, 3.05) is 0 Å². The summed E-state index contributed by atoms with van der Waals surface area (Å²) >= 11 is 0. The summed E-state index contributed by atoms with van der Waals surface area (Å²) in [7, 11) is 0. The monoisotopic (exact) mass is 448 g/mol. The van der Waals surface area contributed by atoms with Crippen LogP contribution in [0.1, 0.15) is 36.4 Å². The third-order valence-electron chi connectivity index (χ3n) is 6.02. The fourth-order valence-electron chi connectivity index (χ4n) is 4.48. The highest BCUT2D eigenvalue weighted by molar-refractivity contribution is 5.86. The number of aromatic nitrogens is 4. The fourth-order valence-corrected chi connectivity index (χ4v) is 4.48. The van der Waals surface area contributed by atoms with Crippen LogP contribution in [0.25, 0.3) is 21.9 Å². The number of benzene rings is 4. The molecule has 0 radical (unpaired) electrons. The van der Waals surface area contributed by atoms with Crippen molar-refractivity contribution in [1.29, 1.82) is 0 Å². The first kappa shape index (κ1) is 21.8. The van der Waals surface area contributed by atoms with E-state index in [0.29, 0.717) is 11.7 Å². The minimum Gasteiger partial charge on any atom is -0.485 e. The Hall–Kier alpha value is -3.99. The minimum absolute atomic E-state index is 0.266. The van der Waals surface area contributed by atoms with Crippen molar-refractivity contribution in [1.82, 2.24) is 20.6 Å². The Morgan fingerprint density at radius 2 is 1.62 bits per heavy atom. The molecule has 5 nitrogen and oxygen atoms in total. The smallest absolute Gasteiger partial charge is 0.211 e. The van der Waals surface area contributed by atoms with E-state index in [-0.39, 0.29) is 6.61 Å². The van der Waals surface area contributed by atoms with Crippen molar-refractivity contribution in [2.24, 2.45) is 5.92 Å². The lowest BCUT2D eigenvalue weighted by Gasteiger charge is -2.16. The maximum atomic E-state index is 6.17. The van der Waals surface area contributed by atoms with E-state index in [1.807, 2.05) is 0 Å². The summed E-state index contributed by atoms with van der Waals surface area (Å²) in [4.78, 5) is 0. The molecule has 5 heteroatoms. The molecule has 34 heavy (non-hydrogen) atoms. The van der Waals surface area contributed by atoms with E-state index in [0.717, 1.165) is 24.2 Å². The van der Waals surface area contributed by atoms with Gasteiger partial charge in [-0.2, -0.15) is 5.21 Å². The van der Waals surface area contributed by atoms with Crippen LogP contribution in [0.2, 0.25) is 0 Å². The van der Waals surface area contributed by atoms with Crippen molar-refractivity contribution >= 4 is 10.8 Å². The van der Waals surface area contributed by atoms with E-state index >= 15 is 0 Å². The number of nitrogens with one attached hydrogen (secondary N) is 1. The molecule has 0 spiro atoms. The Morgan fingerprint density at radius 3 is 2.47 bits per heavy atom. The number of H-pyrrole nitrogens is 1. The third kappa shape index (κ3) is 4.84. The molecule has 0 aliphatic heterocycles. The molecule has 1 heterocycles. The van der Waals surface area contributed by atoms with Crippen LogP contribution in [-0.4, -0.2) is 20.6 Å².